The minimum absolute atomic E-state index is 0. The van der Waals surface area contributed by atoms with Crippen LogP contribution in [0.25, 0.3) is 34.4 Å². The van der Waals surface area contributed by atoms with Crippen molar-refractivity contribution in [2.45, 2.75) is 114 Å². The predicted octanol–water partition coefficient (Wildman–Crippen LogP) is 8.28. The van der Waals surface area contributed by atoms with Crippen LogP contribution in [-0.2, 0) is 33.1 Å². The summed E-state index contributed by atoms with van der Waals surface area (Å²) in [6, 6.07) is 33.8. The van der Waals surface area contributed by atoms with E-state index in [1.807, 2.05) is 0 Å². The number of hydrogen-bond acceptors (Lipinski definition) is 0. The summed E-state index contributed by atoms with van der Waals surface area (Å²) in [4.78, 5) is 0. The summed E-state index contributed by atoms with van der Waals surface area (Å²) in [6.45, 7) is 9.30. The van der Waals surface area contributed by atoms with Crippen molar-refractivity contribution in [1.82, 2.24) is 0 Å². The van der Waals surface area contributed by atoms with E-state index in [0.29, 0.717) is 7.25 Å². The molecule has 0 spiro atoms. The Balaban J connectivity index is 0.00000243. The molecule has 0 bridgehead atoms. The standard InChI is InChI=1S/2C22H25.C3H6.2ClH.Zr/c2*1-3-5-8-18-15-20-9-6-10-21(22(20)16-18)19-13-11-17(7-4-2)12-14-19;1-3-2;;;/h2*6,9-16H,3-5,7-8H2,1-2H3;1-3H2;2*1H;/q;;;;;+2/p-2. The Kier molecular flexibility index (Phi) is 13.7. The molecule has 50 heavy (non-hydrogen) atoms. The summed E-state index contributed by atoms with van der Waals surface area (Å²) in [7, 11) is 0. The molecule has 1 fully saturated rings. The molecule has 0 nitrogen and oxygen atoms in total. The Labute approximate surface area is 320 Å². The molecular weight excluding hydrogens is 727 g/mol. The second-order valence-corrected chi connectivity index (χ2v) is 26.5. The Morgan fingerprint density at radius 3 is 1.26 bits per heavy atom. The fraction of sp³-hybridized carbons (Fsp3) is 0.404. The molecule has 0 radical (unpaired) electrons. The van der Waals surface area contributed by atoms with Gasteiger partial charge in [0.2, 0.25) is 0 Å². The van der Waals surface area contributed by atoms with E-state index in [0.717, 1.165) is 12.8 Å². The fourth-order valence-electron chi connectivity index (χ4n) is 9.59. The van der Waals surface area contributed by atoms with Gasteiger partial charge < -0.3 is 24.8 Å². The van der Waals surface area contributed by atoms with Gasteiger partial charge in [-0.1, -0.05) is 0 Å². The van der Waals surface area contributed by atoms with E-state index in [2.05, 4.69) is 125 Å². The monoisotopic (exact) mass is 780 g/mol. The van der Waals surface area contributed by atoms with Crippen LogP contribution in [0.3, 0.4) is 0 Å². The van der Waals surface area contributed by atoms with Crippen molar-refractivity contribution in [3.8, 4) is 22.3 Å². The summed E-state index contributed by atoms with van der Waals surface area (Å²) in [5.74, 6) is 0. The third-order valence-corrected chi connectivity index (χ3v) is 27.3. The van der Waals surface area contributed by atoms with Crippen LogP contribution in [0.15, 0.2) is 96.1 Å². The predicted molar refractivity (Wildman–Crippen MR) is 206 cm³/mol. The Bertz CT molecular complexity index is 1660. The molecule has 2 unspecified atom stereocenters. The molecule has 2 aliphatic carbocycles. The maximum atomic E-state index is 2.71. The second kappa shape index (κ2) is 17.6. The van der Waals surface area contributed by atoms with E-state index in [-0.39, 0.29) is 24.8 Å². The summed E-state index contributed by atoms with van der Waals surface area (Å²) >= 11 is -2.89. The van der Waals surface area contributed by atoms with Gasteiger partial charge in [0.05, 0.1) is 0 Å². The molecule has 3 aliphatic rings. The first-order valence-electron chi connectivity index (χ1n) is 19.5. The molecule has 1 aliphatic heterocycles. The maximum absolute atomic E-state index is 2.89. The number of aryl methyl sites for hydroxylation is 2. The summed E-state index contributed by atoms with van der Waals surface area (Å²) in [5.41, 5.74) is 18.7. The third kappa shape index (κ3) is 7.36. The van der Waals surface area contributed by atoms with Gasteiger partial charge in [-0.05, 0) is 0 Å². The van der Waals surface area contributed by atoms with Crippen LogP contribution in [0.1, 0.15) is 126 Å². The van der Waals surface area contributed by atoms with Gasteiger partial charge in [0.1, 0.15) is 0 Å². The van der Waals surface area contributed by atoms with Gasteiger partial charge in [0, 0.05) is 0 Å². The fourth-order valence-corrected chi connectivity index (χ4v) is 25.2. The van der Waals surface area contributed by atoms with Crippen LogP contribution >= 0.6 is 0 Å². The molecule has 2 atom stereocenters. The zero-order valence-corrected chi connectivity index (χ0v) is 34.8. The average molecular weight is 783 g/mol. The van der Waals surface area contributed by atoms with Gasteiger partial charge >= 0.3 is 298 Å². The summed E-state index contributed by atoms with van der Waals surface area (Å²) < 4.78 is 4.46. The number of benzene rings is 4. The van der Waals surface area contributed by atoms with Crippen molar-refractivity contribution >= 4 is 12.2 Å². The van der Waals surface area contributed by atoms with E-state index in [1.165, 1.54) is 99.4 Å². The summed E-state index contributed by atoms with van der Waals surface area (Å²) in [5, 5.41) is 0. The topological polar surface area (TPSA) is 0 Å². The molecule has 262 valence electrons. The molecule has 7 rings (SSSR count). The first-order chi connectivity index (χ1) is 23.6. The molecule has 0 aromatic heterocycles. The van der Waals surface area contributed by atoms with Crippen LogP contribution < -0.4 is 24.8 Å². The van der Waals surface area contributed by atoms with E-state index < -0.39 is 20.3 Å². The van der Waals surface area contributed by atoms with Crippen LogP contribution in [0.4, 0.5) is 0 Å². The van der Waals surface area contributed by atoms with Crippen molar-refractivity contribution in [3.05, 3.63) is 129 Å². The van der Waals surface area contributed by atoms with Crippen molar-refractivity contribution in [3.63, 3.8) is 0 Å². The van der Waals surface area contributed by atoms with Crippen molar-refractivity contribution in [2.75, 3.05) is 0 Å². The number of fused-ring (bicyclic) bond motifs is 2. The number of hydrogen-bond donors (Lipinski definition) is 0. The molecule has 0 saturated carbocycles. The molecule has 1 saturated heterocycles. The molecule has 0 amide bonds. The molecule has 3 heteroatoms. The first kappa shape index (κ1) is 39.0. The Morgan fingerprint density at radius 2 is 0.920 bits per heavy atom. The maximum Gasteiger partial charge on any atom is -1.00 e. The third-order valence-electron chi connectivity index (χ3n) is 12.0. The van der Waals surface area contributed by atoms with Crippen molar-refractivity contribution in [1.29, 1.82) is 0 Å². The van der Waals surface area contributed by atoms with E-state index >= 15 is 0 Å². The number of allylic oxidation sites excluding steroid dienone is 2. The Hall–Kier alpha value is -2.18. The quantitative estimate of drug-likeness (QED) is 0.121. The van der Waals surface area contributed by atoms with Crippen molar-refractivity contribution < 1.29 is 45.1 Å². The molecular formula is C47H56Cl2Zr. The van der Waals surface area contributed by atoms with Gasteiger partial charge in [0.15, 0.2) is 0 Å². The minimum Gasteiger partial charge on any atom is -1.00 e. The number of unbranched alkanes of at least 4 members (excludes halogenated alkanes) is 2. The van der Waals surface area contributed by atoms with Crippen LogP contribution in [0, 0.1) is 0 Å². The zero-order chi connectivity index (χ0) is 33.1. The first-order valence-corrected chi connectivity index (χ1v) is 25.8. The SMILES string of the molecule is CCCCC1=Cc2c(-c3ccc(CCC)cc3)cccc2[CH]1[Zr+2]1([CH]2C(CCCC)=Cc3c(-c4ccc(CCC)cc4)cccc32)[CH2]C[CH2]1.[Cl-].[Cl-]. The molecule has 4 aromatic carbocycles. The van der Waals surface area contributed by atoms with E-state index in [4.69, 9.17) is 0 Å². The van der Waals surface area contributed by atoms with E-state index in [9.17, 15) is 0 Å². The normalized spacial score (nSPS) is 17.6. The van der Waals surface area contributed by atoms with Gasteiger partial charge in [-0.15, -0.1) is 0 Å². The average Bonchev–Trinajstić information content (AvgIpc) is 3.66. The Morgan fingerprint density at radius 1 is 0.500 bits per heavy atom. The van der Waals surface area contributed by atoms with Gasteiger partial charge in [-0.3, -0.25) is 0 Å². The largest absolute Gasteiger partial charge is 1.00 e. The zero-order valence-electron chi connectivity index (χ0n) is 30.8. The number of rotatable bonds is 14. The van der Waals surface area contributed by atoms with Gasteiger partial charge in [-0.2, -0.15) is 0 Å². The summed E-state index contributed by atoms with van der Waals surface area (Å²) in [6.07, 6.45) is 19.3. The minimum atomic E-state index is -2.89. The molecule has 1 heterocycles. The van der Waals surface area contributed by atoms with Gasteiger partial charge in [0.25, 0.3) is 0 Å². The second-order valence-electron chi connectivity index (χ2n) is 15.1. The molecule has 4 aromatic rings. The molecule has 0 N–H and O–H groups in total. The van der Waals surface area contributed by atoms with Crippen LogP contribution in [0.5, 0.6) is 0 Å². The van der Waals surface area contributed by atoms with Gasteiger partial charge in [-0.25, -0.2) is 0 Å². The van der Waals surface area contributed by atoms with Crippen LogP contribution in [-0.4, -0.2) is 0 Å². The van der Waals surface area contributed by atoms with Crippen molar-refractivity contribution in [2.24, 2.45) is 0 Å². The van der Waals surface area contributed by atoms with Crippen LogP contribution in [0.2, 0.25) is 8.26 Å². The smallest absolute Gasteiger partial charge is 1.00 e. The number of halogens is 2. The van der Waals surface area contributed by atoms with E-state index in [1.54, 1.807) is 33.4 Å².